The molecule has 0 aliphatic rings. The van der Waals surface area contributed by atoms with E-state index in [0.29, 0.717) is 0 Å². The first-order valence-corrected chi connectivity index (χ1v) is 1.66. The van der Waals surface area contributed by atoms with Gasteiger partial charge in [-0.2, -0.15) is 8.78 Å². The zero-order chi connectivity index (χ0) is 6.78. The van der Waals surface area contributed by atoms with Gasteiger partial charge in [-0.1, -0.05) is 0 Å². The molecule has 0 bridgehead atoms. The second-order valence-corrected chi connectivity index (χ2v) is 1.13. The monoisotopic (exact) mass is 127 g/mol. The van der Waals surface area contributed by atoms with Gasteiger partial charge < -0.3 is 0 Å². The summed E-state index contributed by atoms with van der Waals surface area (Å²) in [5.41, 5.74) is 0. The van der Waals surface area contributed by atoms with Gasteiger partial charge in [-0.15, -0.1) is 0 Å². The molecule has 0 N–H and O–H groups in total. The molecule has 0 rings (SSSR count). The predicted molar refractivity (Wildman–Crippen MR) is 16.6 cm³/mol. The topological polar surface area (TPSA) is 37.0 Å². The van der Waals surface area contributed by atoms with Gasteiger partial charge in [-0.05, 0) is 0 Å². The van der Waals surface area contributed by atoms with Crippen molar-refractivity contribution in [1.82, 2.24) is 0 Å². The molecule has 0 unspecified atom stereocenters. The van der Waals surface area contributed by atoms with Crippen LogP contribution >= 0.6 is 0 Å². The van der Waals surface area contributed by atoms with Gasteiger partial charge in [0.2, 0.25) is 0 Å². The minimum absolute atomic E-state index is 2.21. The second-order valence-electron chi connectivity index (χ2n) is 1.13. The molecule has 0 atom stereocenters. The zero-order valence-corrected chi connectivity index (χ0v) is 3.66. The van der Waals surface area contributed by atoms with E-state index in [4.69, 9.17) is 9.90 Å². The minimum Gasteiger partial charge on any atom is -0.244 e. The average molecular weight is 127 g/mol. The van der Waals surface area contributed by atoms with Crippen LogP contribution in [0.1, 0.15) is 0 Å². The Morgan fingerprint density at radius 2 is 1.88 bits per heavy atom. The zero-order valence-electron chi connectivity index (χ0n) is 3.66. The highest BCUT2D eigenvalue weighted by atomic mass is 19.3. The van der Waals surface area contributed by atoms with Crippen molar-refractivity contribution in [2.75, 3.05) is 6.67 Å². The summed E-state index contributed by atoms with van der Waals surface area (Å²) >= 11 is 0. The van der Waals surface area contributed by atoms with Gasteiger partial charge in [0.25, 0.3) is 0 Å². The number of carbonyl (C=O) groups is 1. The lowest BCUT2D eigenvalue weighted by Gasteiger charge is -2.00. The largest absolute Gasteiger partial charge is 0.427 e. The van der Waals surface area contributed by atoms with E-state index in [1.165, 1.54) is 0 Å². The van der Waals surface area contributed by atoms with Crippen LogP contribution in [0, 0.1) is 0 Å². The van der Waals surface area contributed by atoms with Gasteiger partial charge in [0.05, 0.1) is 0 Å². The van der Waals surface area contributed by atoms with E-state index in [0.717, 1.165) is 0 Å². The maximum atomic E-state index is 11.2. The van der Waals surface area contributed by atoms with E-state index < -0.39 is 18.6 Å². The molecule has 0 aromatic rings. The van der Waals surface area contributed by atoms with Gasteiger partial charge in [0.1, 0.15) is 0 Å². The van der Waals surface area contributed by atoms with E-state index >= 15 is 0 Å². The Morgan fingerprint density at radius 3 is 1.88 bits per heavy atom. The molecule has 0 aromatic carbocycles. The summed E-state index contributed by atoms with van der Waals surface area (Å²) in [6, 6.07) is 0. The SMILES string of the molecule is [O]C(=O)C(F)(F)CF. The molecule has 0 aliphatic carbocycles. The molecule has 0 saturated heterocycles. The highest BCUT2D eigenvalue weighted by Gasteiger charge is 2.40. The highest BCUT2D eigenvalue weighted by Crippen LogP contribution is 2.13. The highest BCUT2D eigenvalue weighted by molar-refractivity contribution is 5.74. The van der Waals surface area contributed by atoms with E-state index in [9.17, 15) is 13.2 Å². The van der Waals surface area contributed by atoms with Crippen molar-refractivity contribution < 1.29 is 23.1 Å². The van der Waals surface area contributed by atoms with Crippen LogP contribution in [-0.4, -0.2) is 18.6 Å². The summed E-state index contributed by atoms with van der Waals surface area (Å²) < 4.78 is 33.3. The molecule has 0 saturated carbocycles. The first kappa shape index (κ1) is 7.26. The molecule has 0 amide bonds. The molecule has 5 heteroatoms. The number of hydrogen-bond acceptors (Lipinski definition) is 1. The summed E-state index contributed by atoms with van der Waals surface area (Å²) in [5, 5.41) is 9.15. The summed E-state index contributed by atoms with van der Waals surface area (Å²) in [5.74, 6) is -7.00. The van der Waals surface area contributed by atoms with Crippen LogP contribution in [0.2, 0.25) is 0 Å². The molecule has 1 radical (unpaired) electrons. The Bertz CT molecular complexity index is 101. The lowest BCUT2D eigenvalue weighted by Crippen LogP contribution is -2.29. The van der Waals surface area contributed by atoms with Crippen molar-refractivity contribution in [2.24, 2.45) is 0 Å². The fourth-order valence-corrected chi connectivity index (χ4v) is 0.0546. The number of halogens is 3. The maximum absolute atomic E-state index is 11.2. The fraction of sp³-hybridized carbons (Fsp3) is 0.667. The molecule has 0 aromatic heterocycles. The summed E-state index contributed by atoms with van der Waals surface area (Å²) in [7, 11) is 0. The van der Waals surface area contributed by atoms with Gasteiger partial charge in [-0.25, -0.2) is 14.3 Å². The fourth-order valence-electron chi connectivity index (χ4n) is 0.0546. The molecular weight excluding hydrogens is 125 g/mol. The Kier molecular flexibility index (Phi) is 1.83. The maximum Gasteiger partial charge on any atom is 0.427 e. The second kappa shape index (κ2) is 2.02. The first-order chi connectivity index (χ1) is 3.50. The molecule has 0 heterocycles. The minimum atomic E-state index is -4.32. The third-order valence-corrected chi connectivity index (χ3v) is 0.466. The van der Waals surface area contributed by atoms with E-state index in [-0.39, 0.29) is 0 Å². The van der Waals surface area contributed by atoms with Crippen molar-refractivity contribution in [1.29, 1.82) is 0 Å². The smallest absolute Gasteiger partial charge is 0.244 e. The van der Waals surface area contributed by atoms with Gasteiger partial charge >= 0.3 is 11.9 Å². The molecular formula is C3H2F3O2. The van der Waals surface area contributed by atoms with Gasteiger partial charge in [-0.3, -0.25) is 0 Å². The van der Waals surface area contributed by atoms with Crippen molar-refractivity contribution in [3.8, 4) is 0 Å². The Balaban J connectivity index is 3.91. The van der Waals surface area contributed by atoms with Crippen molar-refractivity contribution in [3.05, 3.63) is 0 Å². The standard InChI is InChI=1S/C3H2F3O2/c4-1-3(5,6)2(7)8/h1H2. The van der Waals surface area contributed by atoms with E-state index in [1.54, 1.807) is 0 Å². The number of rotatable bonds is 2. The molecule has 0 spiro atoms. The number of hydrogen-bond donors (Lipinski definition) is 0. The lowest BCUT2D eigenvalue weighted by atomic mass is 10.4. The van der Waals surface area contributed by atoms with Gasteiger partial charge in [0.15, 0.2) is 6.67 Å². The van der Waals surface area contributed by atoms with Crippen LogP contribution < -0.4 is 0 Å². The lowest BCUT2D eigenvalue weighted by molar-refractivity contribution is -0.173. The van der Waals surface area contributed by atoms with Crippen molar-refractivity contribution in [2.45, 2.75) is 5.92 Å². The summed E-state index contributed by atoms with van der Waals surface area (Å²) in [4.78, 5) is 9.15. The number of carbonyl (C=O) groups excluding carboxylic acids is 1. The molecule has 2 nitrogen and oxygen atoms in total. The number of alkyl halides is 3. The van der Waals surface area contributed by atoms with Crippen LogP contribution in [0.3, 0.4) is 0 Å². The van der Waals surface area contributed by atoms with Crippen LogP contribution in [0.5, 0.6) is 0 Å². The normalized spacial score (nSPS) is 11.4. The van der Waals surface area contributed by atoms with Crippen LogP contribution in [-0.2, 0) is 9.90 Å². The molecule has 0 fully saturated rings. The molecule has 8 heavy (non-hydrogen) atoms. The Morgan fingerprint density at radius 1 is 1.50 bits per heavy atom. The molecule has 0 aliphatic heterocycles. The van der Waals surface area contributed by atoms with Crippen molar-refractivity contribution >= 4 is 5.97 Å². The van der Waals surface area contributed by atoms with Crippen molar-refractivity contribution in [3.63, 3.8) is 0 Å². The third kappa shape index (κ3) is 1.40. The third-order valence-electron chi connectivity index (χ3n) is 0.466. The Hall–Kier alpha value is -0.740. The van der Waals surface area contributed by atoms with Gasteiger partial charge in [0, 0.05) is 0 Å². The summed E-state index contributed by atoms with van der Waals surface area (Å²) in [6.45, 7) is -2.21. The van der Waals surface area contributed by atoms with E-state index in [2.05, 4.69) is 0 Å². The first-order valence-electron chi connectivity index (χ1n) is 1.66. The van der Waals surface area contributed by atoms with Crippen LogP contribution in [0.15, 0.2) is 0 Å². The van der Waals surface area contributed by atoms with E-state index in [1.807, 2.05) is 0 Å². The quantitative estimate of drug-likeness (QED) is 0.533. The summed E-state index contributed by atoms with van der Waals surface area (Å²) in [6.07, 6.45) is 0. The molecule has 47 valence electrons. The van der Waals surface area contributed by atoms with Crippen LogP contribution in [0.25, 0.3) is 0 Å². The predicted octanol–water partition coefficient (Wildman–Crippen LogP) is 0.548. The Labute approximate surface area is 42.9 Å². The average Bonchev–Trinajstić information content (AvgIpc) is 1.67. The van der Waals surface area contributed by atoms with Crippen LogP contribution in [0.4, 0.5) is 13.2 Å².